The molecule has 0 spiro atoms. The highest BCUT2D eigenvalue weighted by molar-refractivity contribution is 6.17. The Balaban J connectivity index is 2.32. The van der Waals surface area contributed by atoms with Crippen LogP contribution in [0.3, 0.4) is 0 Å². The van der Waals surface area contributed by atoms with Gasteiger partial charge in [0, 0.05) is 12.5 Å². The van der Waals surface area contributed by atoms with Crippen LogP contribution in [-0.2, 0) is 9.47 Å². The van der Waals surface area contributed by atoms with Crippen molar-refractivity contribution in [3.63, 3.8) is 0 Å². The van der Waals surface area contributed by atoms with E-state index < -0.39 is 37.3 Å². The van der Waals surface area contributed by atoms with Gasteiger partial charge in [-0.3, -0.25) is 0 Å². The Labute approximate surface area is 117 Å². The van der Waals surface area contributed by atoms with Crippen molar-refractivity contribution in [1.82, 2.24) is 0 Å². The lowest BCUT2D eigenvalue weighted by atomic mass is 9.99. The van der Waals surface area contributed by atoms with Crippen molar-refractivity contribution >= 4 is 11.6 Å². The van der Waals surface area contributed by atoms with Crippen molar-refractivity contribution < 1.29 is 29.9 Å². The number of halogens is 1. The van der Waals surface area contributed by atoms with Gasteiger partial charge in [0.25, 0.3) is 0 Å². The maximum Gasteiger partial charge on any atom is 0.184 e. The Hall–Kier alpha value is 0.0500. The van der Waals surface area contributed by atoms with Gasteiger partial charge in [-0.25, -0.2) is 0 Å². The normalized spacial score (nSPS) is 35.5. The highest BCUT2D eigenvalue weighted by atomic mass is 35.5. The van der Waals surface area contributed by atoms with E-state index >= 15 is 0 Å². The van der Waals surface area contributed by atoms with Crippen molar-refractivity contribution in [2.75, 3.05) is 19.1 Å². The fraction of sp³-hybridized carbons (Fsp3) is 1.00. The summed E-state index contributed by atoms with van der Waals surface area (Å²) in [6.45, 7) is -0.0769. The number of aliphatic hydroxyl groups excluding tert-OH is 4. The molecule has 114 valence electrons. The third-order valence-corrected chi connectivity index (χ3v) is 3.45. The molecule has 0 unspecified atom stereocenters. The lowest BCUT2D eigenvalue weighted by Crippen LogP contribution is -2.59. The van der Waals surface area contributed by atoms with Crippen molar-refractivity contribution in [2.45, 2.75) is 56.4 Å². The van der Waals surface area contributed by atoms with Gasteiger partial charge in [0.2, 0.25) is 0 Å². The molecule has 0 aromatic carbocycles. The molecule has 1 fully saturated rings. The van der Waals surface area contributed by atoms with E-state index in [1.807, 2.05) is 0 Å². The molecule has 1 saturated heterocycles. The minimum Gasteiger partial charge on any atom is -0.394 e. The van der Waals surface area contributed by atoms with Crippen molar-refractivity contribution in [2.24, 2.45) is 0 Å². The molecule has 5 atom stereocenters. The third kappa shape index (κ3) is 5.15. The van der Waals surface area contributed by atoms with Gasteiger partial charge in [0.1, 0.15) is 24.4 Å². The monoisotopic (exact) mass is 298 g/mol. The smallest absolute Gasteiger partial charge is 0.184 e. The molecule has 6 nitrogen and oxygen atoms in total. The maximum absolute atomic E-state index is 9.86. The van der Waals surface area contributed by atoms with Crippen LogP contribution in [0.1, 0.15) is 25.7 Å². The summed E-state index contributed by atoms with van der Waals surface area (Å²) in [6, 6.07) is 0. The van der Waals surface area contributed by atoms with E-state index in [4.69, 9.17) is 26.2 Å². The second kappa shape index (κ2) is 9.07. The number of hydrogen-bond acceptors (Lipinski definition) is 6. The fourth-order valence-corrected chi connectivity index (χ4v) is 2.22. The van der Waals surface area contributed by atoms with Crippen LogP contribution < -0.4 is 0 Å². The average molecular weight is 299 g/mol. The zero-order valence-corrected chi connectivity index (χ0v) is 11.6. The van der Waals surface area contributed by atoms with Crippen LogP contribution in [0.2, 0.25) is 0 Å². The molecular formula is C12H23ClO6. The molecule has 0 amide bonds. The van der Waals surface area contributed by atoms with Crippen molar-refractivity contribution in [1.29, 1.82) is 0 Å². The number of rotatable bonds is 8. The Morgan fingerprint density at radius 3 is 2.32 bits per heavy atom. The third-order valence-electron chi connectivity index (χ3n) is 3.18. The van der Waals surface area contributed by atoms with Crippen LogP contribution >= 0.6 is 11.6 Å². The molecule has 1 heterocycles. The van der Waals surface area contributed by atoms with E-state index in [0.29, 0.717) is 12.5 Å². The second-order valence-corrected chi connectivity index (χ2v) is 5.05. The molecule has 1 aliphatic rings. The molecule has 7 heteroatoms. The minimum atomic E-state index is -1.46. The summed E-state index contributed by atoms with van der Waals surface area (Å²) in [6.07, 6.45) is -2.13. The van der Waals surface area contributed by atoms with E-state index in [-0.39, 0.29) is 0 Å². The summed E-state index contributed by atoms with van der Waals surface area (Å²) in [5, 5.41) is 38.0. The lowest BCUT2D eigenvalue weighted by Gasteiger charge is -2.39. The van der Waals surface area contributed by atoms with Gasteiger partial charge >= 0.3 is 0 Å². The lowest BCUT2D eigenvalue weighted by molar-refractivity contribution is -0.294. The zero-order chi connectivity index (χ0) is 14.3. The molecule has 0 bridgehead atoms. The topological polar surface area (TPSA) is 99.4 Å². The summed E-state index contributed by atoms with van der Waals surface area (Å²) < 4.78 is 10.3. The number of alkyl halides is 1. The van der Waals surface area contributed by atoms with Gasteiger partial charge in [-0.05, 0) is 12.8 Å². The van der Waals surface area contributed by atoms with Crippen LogP contribution in [0.4, 0.5) is 0 Å². The number of aliphatic hydroxyl groups is 4. The second-order valence-electron chi connectivity index (χ2n) is 4.67. The van der Waals surface area contributed by atoms with Crippen molar-refractivity contribution in [3.8, 4) is 0 Å². The molecule has 4 N–H and O–H groups in total. The molecular weight excluding hydrogens is 276 g/mol. The SMILES string of the molecule is OC[C@H]1O[C@H](O)[C@H](O)[C@@H](OCCCCCCCl)[C@@H]1O. The summed E-state index contributed by atoms with van der Waals surface area (Å²) in [4.78, 5) is 0. The maximum atomic E-state index is 9.86. The Morgan fingerprint density at radius 1 is 1.00 bits per heavy atom. The van der Waals surface area contributed by atoms with Gasteiger partial charge in [-0.15, -0.1) is 11.6 Å². The molecule has 19 heavy (non-hydrogen) atoms. The summed E-state index contributed by atoms with van der Waals surface area (Å²) in [7, 11) is 0. The Bertz CT molecular complexity index is 242. The van der Waals surface area contributed by atoms with Crippen LogP contribution in [0.5, 0.6) is 0 Å². The fourth-order valence-electron chi connectivity index (χ4n) is 2.03. The first kappa shape index (κ1) is 17.1. The van der Waals surface area contributed by atoms with Crippen molar-refractivity contribution in [3.05, 3.63) is 0 Å². The molecule has 1 rings (SSSR count). The largest absolute Gasteiger partial charge is 0.394 e. The first-order valence-corrected chi connectivity index (χ1v) is 7.13. The van der Waals surface area contributed by atoms with E-state index in [1.165, 1.54) is 0 Å². The van der Waals surface area contributed by atoms with E-state index in [0.717, 1.165) is 25.7 Å². The highest BCUT2D eigenvalue weighted by Crippen LogP contribution is 2.22. The molecule has 0 aromatic heterocycles. The summed E-state index contributed by atoms with van der Waals surface area (Å²) >= 11 is 5.56. The Kier molecular flexibility index (Phi) is 8.17. The molecule has 0 aromatic rings. The van der Waals surface area contributed by atoms with Gasteiger partial charge in [0.05, 0.1) is 6.61 Å². The van der Waals surface area contributed by atoms with Gasteiger partial charge in [0.15, 0.2) is 6.29 Å². The first-order chi connectivity index (χ1) is 9.11. The van der Waals surface area contributed by atoms with Gasteiger partial charge < -0.3 is 29.9 Å². The van der Waals surface area contributed by atoms with E-state index in [2.05, 4.69) is 0 Å². The predicted octanol–water partition coefficient (Wildman–Crippen LogP) is -0.398. The number of hydrogen-bond donors (Lipinski definition) is 4. The minimum absolute atomic E-state index is 0.367. The summed E-state index contributed by atoms with van der Waals surface area (Å²) in [5.41, 5.74) is 0. The van der Waals surface area contributed by atoms with Gasteiger partial charge in [-0.2, -0.15) is 0 Å². The average Bonchev–Trinajstić information content (AvgIpc) is 2.41. The highest BCUT2D eigenvalue weighted by Gasteiger charge is 2.44. The zero-order valence-electron chi connectivity index (χ0n) is 10.8. The van der Waals surface area contributed by atoms with E-state index in [1.54, 1.807) is 0 Å². The van der Waals surface area contributed by atoms with E-state index in [9.17, 15) is 15.3 Å². The standard InChI is InChI=1S/C12H23ClO6/c13-5-3-1-2-4-6-18-11-9(15)8(7-14)19-12(17)10(11)16/h8-12,14-17H,1-7H2/t8-,9-,10-,11+,12+/m1/s1. The van der Waals surface area contributed by atoms with Gasteiger partial charge in [-0.1, -0.05) is 12.8 Å². The van der Waals surface area contributed by atoms with Crippen LogP contribution in [-0.4, -0.2) is 70.2 Å². The Morgan fingerprint density at radius 2 is 1.68 bits per heavy atom. The quantitative estimate of drug-likeness (QED) is 0.359. The summed E-state index contributed by atoms with van der Waals surface area (Å²) in [5.74, 6) is 0.641. The molecule has 1 aliphatic heterocycles. The molecule has 0 aliphatic carbocycles. The molecule has 0 radical (unpaired) electrons. The number of unbranched alkanes of at least 4 members (excludes halogenated alkanes) is 3. The number of ether oxygens (including phenoxy) is 2. The van der Waals surface area contributed by atoms with Crippen LogP contribution in [0.25, 0.3) is 0 Å². The predicted molar refractivity (Wildman–Crippen MR) is 68.9 cm³/mol. The molecule has 0 saturated carbocycles. The van der Waals surface area contributed by atoms with Crippen LogP contribution in [0, 0.1) is 0 Å². The van der Waals surface area contributed by atoms with Crippen LogP contribution in [0.15, 0.2) is 0 Å². The first-order valence-electron chi connectivity index (χ1n) is 6.60.